The number of hydrogen-bond acceptors (Lipinski definition) is 6. The Morgan fingerprint density at radius 1 is 1.19 bits per heavy atom. The lowest BCUT2D eigenvalue weighted by molar-refractivity contribution is 0.0935. The predicted molar refractivity (Wildman–Crippen MR) is 99.8 cm³/mol. The van der Waals surface area contributed by atoms with Crippen molar-refractivity contribution in [2.24, 2.45) is 0 Å². The van der Waals surface area contributed by atoms with E-state index in [1.165, 1.54) is 5.56 Å². The van der Waals surface area contributed by atoms with Crippen molar-refractivity contribution in [3.05, 3.63) is 53.0 Å². The maximum Gasteiger partial charge on any atom is 0.270 e. The average molecular weight is 374 g/mol. The molecule has 0 saturated carbocycles. The van der Waals surface area contributed by atoms with Crippen LogP contribution in [0.15, 0.2) is 30.3 Å². The molecule has 138 valence electrons. The smallest absolute Gasteiger partial charge is 0.270 e. The summed E-state index contributed by atoms with van der Waals surface area (Å²) in [6, 6.07) is 9.37. The van der Waals surface area contributed by atoms with Crippen LogP contribution >= 0.6 is 0 Å². The molecule has 2 aromatic rings. The van der Waals surface area contributed by atoms with Crippen LogP contribution in [0, 0.1) is 13.8 Å². The van der Waals surface area contributed by atoms with Crippen LogP contribution in [0.25, 0.3) is 0 Å². The van der Waals surface area contributed by atoms with Gasteiger partial charge in [-0.15, -0.1) is 0 Å². The Balaban J connectivity index is 1.66. The molecule has 0 radical (unpaired) electrons. The molecule has 2 heterocycles. The first-order valence-electron chi connectivity index (χ1n) is 8.47. The second kappa shape index (κ2) is 7.41. The van der Waals surface area contributed by atoms with Gasteiger partial charge in [0.2, 0.25) is 0 Å². The number of carbonyl (C=O) groups excluding carboxylic acids is 1. The second-order valence-corrected chi connectivity index (χ2v) is 8.83. The first-order valence-corrected chi connectivity index (χ1v) is 10.3. The van der Waals surface area contributed by atoms with Crippen molar-refractivity contribution in [2.75, 3.05) is 16.8 Å². The summed E-state index contributed by atoms with van der Waals surface area (Å²) in [6.07, 6.45) is 0.441. The first-order chi connectivity index (χ1) is 12.3. The second-order valence-electron chi connectivity index (χ2n) is 6.60. The van der Waals surface area contributed by atoms with Crippen molar-refractivity contribution < 1.29 is 13.2 Å². The lowest BCUT2D eigenvalue weighted by Gasteiger charge is -2.12. The van der Waals surface area contributed by atoms with E-state index < -0.39 is 9.84 Å². The topological polar surface area (TPSA) is 101 Å². The van der Waals surface area contributed by atoms with E-state index in [4.69, 9.17) is 0 Å². The molecule has 1 unspecified atom stereocenters. The Labute approximate surface area is 153 Å². The number of carbonyl (C=O) groups is 1. The Bertz CT molecular complexity index is 911. The maximum atomic E-state index is 12.4. The Morgan fingerprint density at radius 3 is 2.58 bits per heavy atom. The summed E-state index contributed by atoms with van der Waals surface area (Å²) in [5, 5.41) is 5.95. The van der Waals surface area contributed by atoms with Crippen LogP contribution in [0.5, 0.6) is 0 Å². The third kappa shape index (κ3) is 4.78. The molecule has 0 spiro atoms. The molecule has 1 saturated heterocycles. The summed E-state index contributed by atoms with van der Waals surface area (Å²) in [5.41, 5.74) is 2.53. The van der Waals surface area contributed by atoms with Gasteiger partial charge in [0, 0.05) is 18.7 Å². The number of benzene rings is 1. The van der Waals surface area contributed by atoms with Crippen LogP contribution < -0.4 is 10.6 Å². The van der Waals surface area contributed by atoms with E-state index in [0.717, 1.165) is 5.56 Å². The first kappa shape index (κ1) is 18.3. The van der Waals surface area contributed by atoms with E-state index >= 15 is 0 Å². The Morgan fingerprint density at radius 2 is 1.92 bits per heavy atom. The number of sulfone groups is 1. The Hall–Kier alpha value is -2.48. The lowest BCUT2D eigenvalue weighted by atomic mass is 10.1. The summed E-state index contributed by atoms with van der Waals surface area (Å²) < 4.78 is 23.0. The van der Waals surface area contributed by atoms with E-state index in [0.29, 0.717) is 24.6 Å². The lowest BCUT2D eigenvalue weighted by Crippen LogP contribution is -2.36. The SMILES string of the molecule is Cc1ccc(CNc2cc(C(=O)NC3CCS(=O)(=O)C3)nc(C)n2)cc1. The highest BCUT2D eigenvalue weighted by molar-refractivity contribution is 7.91. The molecule has 26 heavy (non-hydrogen) atoms. The third-order valence-corrected chi connectivity index (χ3v) is 6.00. The van der Waals surface area contributed by atoms with Crippen molar-refractivity contribution in [3.63, 3.8) is 0 Å². The monoisotopic (exact) mass is 374 g/mol. The van der Waals surface area contributed by atoms with Crippen LogP contribution in [-0.2, 0) is 16.4 Å². The summed E-state index contributed by atoms with van der Waals surface area (Å²) in [4.78, 5) is 20.9. The van der Waals surface area contributed by atoms with Crippen molar-refractivity contribution in [2.45, 2.75) is 32.9 Å². The quantitative estimate of drug-likeness (QED) is 0.825. The highest BCUT2D eigenvalue weighted by Gasteiger charge is 2.29. The van der Waals surface area contributed by atoms with Gasteiger partial charge in [-0.1, -0.05) is 29.8 Å². The van der Waals surface area contributed by atoms with Gasteiger partial charge in [-0.25, -0.2) is 18.4 Å². The predicted octanol–water partition coefficient (Wildman–Crippen LogP) is 1.62. The largest absolute Gasteiger partial charge is 0.366 e. The van der Waals surface area contributed by atoms with E-state index in [1.54, 1.807) is 13.0 Å². The van der Waals surface area contributed by atoms with E-state index in [-0.39, 0.29) is 29.1 Å². The molecule has 1 aromatic heterocycles. The number of amides is 1. The molecule has 1 aromatic carbocycles. The number of hydrogen-bond donors (Lipinski definition) is 2. The molecule has 1 atom stereocenters. The van der Waals surface area contributed by atoms with Gasteiger partial charge in [-0.2, -0.15) is 0 Å². The maximum absolute atomic E-state index is 12.4. The molecule has 0 bridgehead atoms. The third-order valence-electron chi connectivity index (χ3n) is 4.23. The fourth-order valence-electron chi connectivity index (χ4n) is 2.84. The summed E-state index contributed by atoms with van der Waals surface area (Å²) >= 11 is 0. The van der Waals surface area contributed by atoms with Crippen molar-refractivity contribution in [1.82, 2.24) is 15.3 Å². The van der Waals surface area contributed by atoms with Gasteiger partial charge < -0.3 is 10.6 Å². The summed E-state index contributed by atoms with van der Waals surface area (Å²) in [6.45, 7) is 4.33. The number of aromatic nitrogens is 2. The molecule has 7 nitrogen and oxygen atoms in total. The van der Waals surface area contributed by atoms with Crippen LogP contribution in [-0.4, -0.2) is 41.8 Å². The molecular formula is C18H22N4O3S. The van der Waals surface area contributed by atoms with Crippen molar-refractivity contribution >= 4 is 21.6 Å². The molecular weight excluding hydrogens is 352 g/mol. The van der Waals surface area contributed by atoms with Gasteiger partial charge in [0.15, 0.2) is 9.84 Å². The van der Waals surface area contributed by atoms with Gasteiger partial charge >= 0.3 is 0 Å². The number of nitrogens with zero attached hydrogens (tertiary/aromatic N) is 2. The zero-order valence-electron chi connectivity index (χ0n) is 14.8. The van der Waals surface area contributed by atoms with Crippen LogP contribution in [0.3, 0.4) is 0 Å². The van der Waals surface area contributed by atoms with Gasteiger partial charge in [-0.05, 0) is 25.8 Å². The van der Waals surface area contributed by atoms with Gasteiger partial charge in [0.25, 0.3) is 5.91 Å². The van der Waals surface area contributed by atoms with Gasteiger partial charge in [0.1, 0.15) is 17.3 Å². The Kier molecular flexibility index (Phi) is 5.22. The van der Waals surface area contributed by atoms with E-state index in [9.17, 15) is 13.2 Å². The zero-order chi connectivity index (χ0) is 18.7. The minimum absolute atomic E-state index is 0.0126. The molecule has 8 heteroatoms. The standard InChI is InChI=1S/C18H22N4O3S/c1-12-3-5-14(6-4-12)10-19-17-9-16(20-13(2)21-17)18(23)22-15-7-8-26(24,25)11-15/h3-6,9,15H,7-8,10-11H2,1-2H3,(H,22,23)(H,19,20,21). The van der Waals surface area contributed by atoms with Crippen LogP contribution in [0.1, 0.15) is 33.9 Å². The number of rotatable bonds is 5. The van der Waals surface area contributed by atoms with E-state index in [2.05, 4.69) is 20.6 Å². The zero-order valence-corrected chi connectivity index (χ0v) is 15.6. The molecule has 1 amide bonds. The van der Waals surface area contributed by atoms with Gasteiger partial charge in [-0.3, -0.25) is 4.79 Å². The van der Waals surface area contributed by atoms with Gasteiger partial charge in [0.05, 0.1) is 11.5 Å². The normalized spacial score (nSPS) is 18.5. The molecule has 1 aliphatic heterocycles. The highest BCUT2D eigenvalue weighted by Crippen LogP contribution is 2.14. The molecule has 0 aliphatic carbocycles. The minimum atomic E-state index is -3.04. The number of anilines is 1. The summed E-state index contributed by atoms with van der Waals surface area (Å²) in [7, 11) is -3.04. The minimum Gasteiger partial charge on any atom is -0.366 e. The summed E-state index contributed by atoms with van der Waals surface area (Å²) in [5.74, 6) is 0.757. The van der Waals surface area contributed by atoms with Crippen molar-refractivity contribution in [3.8, 4) is 0 Å². The number of aryl methyl sites for hydroxylation is 2. The fourth-order valence-corrected chi connectivity index (χ4v) is 4.51. The molecule has 1 aliphatic rings. The number of nitrogens with one attached hydrogen (secondary N) is 2. The molecule has 2 N–H and O–H groups in total. The average Bonchev–Trinajstić information content (AvgIpc) is 2.92. The van der Waals surface area contributed by atoms with Crippen molar-refractivity contribution in [1.29, 1.82) is 0 Å². The molecule has 3 rings (SSSR count). The molecule has 1 fully saturated rings. The highest BCUT2D eigenvalue weighted by atomic mass is 32.2. The van der Waals surface area contributed by atoms with Crippen LogP contribution in [0.4, 0.5) is 5.82 Å². The fraction of sp³-hybridized carbons (Fsp3) is 0.389. The van der Waals surface area contributed by atoms with E-state index in [1.807, 2.05) is 31.2 Å². The van der Waals surface area contributed by atoms with Crippen LogP contribution in [0.2, 0.25) is 0 Å².